The first-order valence-corrected chi connectivity index (χ1v) is 7.12. The Morgan fingerprint density at radius 1 is 1.50 bits per heavy atom. The van der Waals surface area contributed by atoms with E-state index in [0.29, 0.717) is 35.3 Å². The predicted molar refractivity (Wildman–Crippen MR) is 73.9 cm³/mol. The van der Waals surface area contributed by atoms with Crippen molar-refractivity contribution in [3.63, 3.8) is 0 Å². The molecular formula is C12H14N4O3S. The van der Waals surface area contributed by atoms with Crippen LogP contribution in [-0.2, 0) is 10.5 Å². The summed E-state index contributed by atoms with van der Waals surface area (Å²) in [5, 5.41) is 12.5. The number of hydrogen-bond acceptors (Lipinski definition) is 7. The largest absolute Gasteiger partial charge is 0.480 e. The third-order valence-corrected chi connectivity index (χ3v) is 3.45. The van der Waals surface area contributed by atoms with Gasteiger partial charge in [0.25, 0.3) is 0 Å². The van der Waals surface area contributed by atoms with Crippen molar-refractivity contribution in [1.29, 1.82) is 0 Å². The number of nitrogens with zero attached hydrogens (tertiary/aromatic N) is 3. The van der Waals surface area contributed by atoms with Crippen LogP contribution in [-0.4, -0.2) is 38.0 Å². The summed E-state index contributed by atoms with van der Waals surface area (Å²) in [5.41, 5.74) is 6.06. The van der Waals surface area contributed by atoms with Gasteiger partial charge in [-0.1, -0.05) is 11.2 Å². The molecule has 0 aromatic carbocycles. The van der Waals surface area contributed by atoms with Gasteiger partial charge in [0.15, 0.2) is 0 Å². The summed E-state index contributed by atoms with van der Waals surface area (Å²) in [6, 6.07) is 4.63. The third kappa shape index (κ3) is 4.04. The predicted octanol–water partition coefficient (Wildman–Crippen LogP) is 1.17. The second kappa shape index (κ2) is 7.01. The van der Waals surface area contributed by atoms with Gasteiger partial charge in [-0.15, -0.1) is 0 Å². The van der Waals surface area contributed by atoms with Gasteiger partial charge in [0.05, 0.1) is 5.75 Å². The highest BCUT2D eigenvalue weighted by atomic mass is 32.2. The molecule has 0 bridgehead atoms. The summed E-state index contributed by atoms with van der Waals surface area (Å²) in [4.78, 5) is 18.9. The summed E-state index contributed by atoms with van der Waals surface area (Å²) in [6.07, 6.45) is 2.06. The van der Waals surface area contributed by atoms with Gasteiger partial charge in [0.2, 0.25) is 11.7 Å². The lowest BCUT2D eigenvalue weighted by Gasteiger charge is -2.03. The molecule has 0 radical (unpaired) electrons. The molecule has 3 N–H and O–H groups in total. The SMILES string of the molecule is NC(CCSCc1nc(-c2ccccn2)no1)C(=O)O. The van der Waals surface area contributed by atoms with Crippen LogP contribution in [0.5, 0.6) is 0 Å². The molecule has 2 aromatic heterocycles. The average Bonchev–Trinajstić information content (AvgIpc) is 2.93. The Bertz CT molecular complexity index is 561. The zero-order chi connectivity index (χ0) is 14.4. The van der Waals surface area contributed by atoms with Crippen molar-refractivity contribution in [2.75, 3.05) is 5.75 Å². The molecule has 0 spiro atoms. The molecule has 2 heterocycles. The summed E-state index contributed by atoms with van der Waals surface area (Å²) < 4.78 is 5.10. The first-order chi connectivity index (χ1) is 9.66. The Morgan fingerprint density at radius 3 is 3.05 bits per heavy atom. The van der Waals surface area contributed by atoms with Crippen LogP contribution in [0.3, 0.4) is 0 Å². The van der Waals surface area contributed by atoms with Gasteiger partial charge in [-0.25, -0.2) is 0 Å². The maximum absolute atomic E-state index is 10.5. The molecule has 0 aliphatic carbocycles. The van der Waals surface area contributed by atoms with Crippen LogP contribution in [0.4, 0.5) is 0 Å². The van der Waals surface area contributed by atoms with Crippen LogP contribution in [0.25, 0.3) is 11.5 Å². The molecule has 2 aromatic rings. The Morgan fingerprint density at radius 2 is 2.35 bits per heavy atom. The number of pyridine rings is 1. The highest BCUT2D eigenvalue weighted by Crippen LogP contribution is 2.16. The van der Waals surface area contributed by atoms with E-state index in [1.165, 1.54) is 11.8 Å². The summed E-state index contributed by atoms with van der Waals surface area (Å²) >= 11 is 1.50. The molecule has 1 atom stereocenters. The molecule has 0 saturated heterocycles. The molecule has 7 nitrogen and oxygen atoms in total. The van der Waals surface area contributed by atoms with Gasteiger partial charge < -0.3 is 15.4 Å². The standard InChI is InChI=1S/C12H14N4O3S/c13-8(12(17)18)4-6-20-7-10-15-11(16-19-10)9-3-1-2-5-14-9/h1-3,5,8H,4,6-7,13H2,(H,17,18). The average molecular weight is 294 g/mol. The Balaban J connectivity index is 1.81. The van der Waals surface area contributed by atoms with Crippen LogP contribution in [0.2, 0.25) is 0 Å². The van der Waals surface area contributed by atoms with Gasteiger partial charge in [-0.2, -0.15) is 16.7 Å². The Hall–Kier alpha value is -1.93. The van der Waals surface area contributed by atoms with Crippen molar-refractivity contribution in [3.05, 3.63) is 30.3 Å². The highest BCUT2D eigenvalue weighted by molar-refractivity contribution is 7.98. The summed E-state index contributed by atoms with van der Waals surface area (Å²) in [7, 11) is 0. The van der Waals surface area contributed by atoms with Crippen molar-refractivity contribution in [2.45, 2.75) is 18.2 Å². The van der Waals surface area contributed by atoms with Crippen LogP contribution in [0.1, 0.15) is 12.3 Å². The first-order valence-electron chi connectivity index (χ1n) is 5.97. The van der Waals surface area contributed by atoms with Gasteiger partial charge in [0.1, 0.15) is 11.7 Å². The molecule has 0 aliphatic heterocycles. The van der Waals surface area contributed by atoms with Crippen LogP contribution >= 0.6 is 11.8 Å². The van der Waals surface area contributed by atoms with E-state index < -0.39 is 12.0 Å². The maximum Gasteiger partial charge on any atom is 0.320 e. The number of nitrogens with two attached hydrogens (primary N) is 1. The number of carboxylic acids is 1. The normalized spacial score (nSPS) is 12.2. The molecule has 1 unspecified atom stereocenters. The first kappa shape index (κ1) is 14.5. The summed E-state index contributed by atoms with van der Waals surface area (Å²) in [5.74, 6) is 1.09. The van der Waals surface area contributed by atoms with Crippen LogP contribution in [0.15, 0.2) is 28.9 Å². The zero-order valence-corrected chi connectivity index (χ0v) is 11.4. The quantitative estimate of drug-likeness (QED) is 0.731. The minimum Gasteiger partial charge on any atom is -0.480 e. The topological polar surface area (TPSA) is 115 Å². The minimum atomic E-state index is -0.985. The fourth-order valence-corrected chi connectivity index (χ4v) is 2.26. The van der Waals surface area contributed by atoms with Gasteiger partial charge in [-0.05, 0) is 24.3 Å². The molecule has 8 heteroatoms. The maximum atomic E-state index is 10.5. The fraction of sp³-hybridized carbons (Fsp3) is 0.333. The van der Waals surface area contributed by atoms with Crippen molar-refractivity contribution >= 4 is 17.7 Å². The van der Waals surface area contributed by atoms with E-state index in [1.54, 1.807) is 12.3 Å². The fourth-order valence-electron chi connectivity index (χ4n) is 1.41. The Labute approximate surface area is 119 Å². The van der Waals surface area contributed by atoms with E-state index in [0.717, 1.165) is 0 Å². The molecule has 2 rings (SSSR count). The van der Waals surface area contributed by atoms with Gasteiger partial charge >= 0.3 is 5.97 Å². The van der Waals surface area contributed by atoms with E-state index >= 15 is 0 Å². The van der Waals surface area contributed by atoms with Crippen molar-refractivity contribution in [3.8, 4) is 11.5 Å². The van der Waals surface area contributed by atoms with E-state index in [1.807, 2.05) is 12.1 Å². The lowest BCUT2D eigenvalue weighted by molar-refractivity contribution is -0.138. The monoisotopic (exact) mass is 294 g/mol. The molecule has 0 fully saturated rings. The molecule has 0 aliphatic rings. The smallest absolute Gasteiger partial charge is 0.320 e. The second-order valence-corrected chi connectivity index (χ2v) is 5.12. The number of carboxylic acid groups (broad SMARTS) is 1. The van der Waals surface area contributed by atoms with Crippen LogP contribution < -0.4 is 5.73 Å². The Kier molecular flexibility index (Phi) is 5.08. The van der Waals surface area contributed by atoms with E-state index in [9.17, 15) is 4.79 Å². The van der Waals surface area contributed by atoms with Crippen molar-refractivity contribution in [2.24, 2.45) is 5.73 Å². The number of aliphatic carboxylic acids is 1. The number of aromatic nitrogens is 3. The summed E-state index contributed by atoms with van der Waals surface area (Å²) in [6.45, 7) is 0. The number of carbonyl (C=O) groups is 1. The van der Waals surface area contributed by atoms with Crippen molar-refractivity contribution in [1.82, 2.24) is 15.1 Å². The zero-order valence-electron chi connectivity index (χ0n) is 10.6. The van der Waals surface area contributed by atoms with Crippen molar-refractivity contribution < 1.29 is 14.4 Å². The molecule has 106 valence electrons. The van der Waals surface area contributed by atoms with E-state index in [4.69, 9.17) is 15.4 Å². The molecule has 0 amide bonds. The number of thioether (sulfide) groups is 1. The molecular weight excluding hydrogens is 280 g/mol. The van der Waals surface area contributed by atoms with E-state index in [-0.39, 0.29) is 0 Å². The molecule has 20 heavy (non-hydrogen) atoms. The van der Waals surface area contributed by atoms with E-state index in [2.05, 4.69) is 15.1 Å². The lowest BCUT2D eigenvalue weighted by Crippen LogP contribution is -2.30. The number of hydrogen-bond donors (Lipinski definition) is 2. The molecule has 0 saturated carbocycles. The lowest BCUT2D eigenvalue weighted by atomic mass is 10.2. The highest BCUT2D eigenvalue weighted by Gasteiger charge is 2.12. The minimum absolute atomic E-state index is 0.404. The van der Waals surface area contributed by atoms with Crippen LogP contribution in [0, 0.1) is 0 Å². The van der Waals surface area contributed by atoms with Gasteiger partial charge in [0, 0.05) is 6.20 Å². The third-order valence-electron chi connectivity index (χ3n) is 2.48. The number of rotatable bonds is 7. The van der Waals surface area contributed by atoms with Gasteiger partial charge in [-0.3, -0.25) is 9.78 Å². The second-order valence-electron chi connectivity index (χ2n) is 4.01.